The maximum Gasteiger partial charge on any atom is 0.294 e. The highest BCUT2D eigenvalue weighted by Gasteiger charge is 2.16. The average molecular weight is 513 g/mol. The number of nitrogens with one attached hydrogen (secondary N) is 1. The van der Waals surface area contributed by atoms with Gasteiger partial charge in [0.05, 0.1) is 18.5 Å². The molecule has 10 nitrogen and oxygen atoms in total. The molecule has 0 fully saturated rings. The molecule has 194 valence electrons. The number of anilines is 3. The Morgan fingerprint density at radius 1 is 1.08 bits per heavy atom. The van der Waals surface area contributed by atoms with Crippen LogP contribution in [0.15, 0.2) is 47.4 Å². The minimum Gasteiger partial charge on any atom is -0.494 e. The largest absolute Gasteiger partial charge is 0.494 e. The fourth-order valence-electron chi connectivity index (χ4n) is 3.45. The number of nitrogen functional groups attached to an aromatic ring is 1. The highest BCUT2D eigenvalue weighted by molar-refractivity contribution is 5.78. The van der Waals surface area contributed by atoms with Gasteiger partial charge in [0.15, 0.2) is 17.3 Å². The molecule has 0 aliphatic heterocycles. The molecule has 0 saturated heterocycles. The molecule has 2 heterocycles. The smallest absolute Gasteiger partial charge is 0.294 e. The summed E-state index contributed by atoms with van der Waals surface area (Å²) in [6, 6.07) is 7.52. The van der Waals surface area contributed by atoms with Crippen LogP contribution in [0.5, 0.6) is 23.0 Å². The number of pyridine rings is 1. The highest BCUT2D eigenvalue weighted by Crippen LogP contribution is 2.36. The lowest BCUT2D eigenvalue weighted by Gasteiger charge is -2.16. The van der Waals surface area contributed by atoms with Crippen LogP contribution >= 0.6 is 0 Å². The van der Waals surface area contributed by atoms with Crippen LogP contribution < -0.4 is 30.8 Å². The standard InChI is InChI=1S/C25H26F2N6O4/c1-32(2)7-8-36-20-12-21(35-4)18(11-17(20)28)30-25-29-13-14-9-22(24(34)33(3)23(14)31-25)37-19-6-5-15(26)10-16(19)27/h5-6,9-13H,7-8,28H2,1-4H3,(H,29,30,31). The van der Waals surface area contributed by atoms with E-state index < -0.39 is 17.2 Å². The summed E-state index contributed by atoms with van der Waals surface area (Å²) < 4.78 is 45.1. The van der Waals surface area contributed by atoms with E-state index in [9.17, 15) is 13.6 Å². The topological polar surface area (TPSA) is 117 Å². The molecule has 3 N–H and O–H groups in total. The van der Waals surface area contributed by atoms with Crippen LogP contribution in [0.3, 0.4) is 0 Å². The molecule has 4 rings (SSSR count). The molecular weight excluding hydrogens is 486 g/mol. The van der Waals surface area contributed by atoms with Gasteiger partial charge in [0.25, 0.3) is 5.56 Å². The molecule has 2 aromatic heterocycles. The van der Waals surface area contributed by atoms with Crippen molar-refractivity contribution >= 4 is 28.4 Å². The fraction of sp³-hybridized carbons (Fsp3) is 0.240. The number of aryl methyl sites for hydroxylation is 1. The molecule has 4 aromatic rings. The zero-order chi connectivity index (χ0) is 26.7. The lowest BCUT2D eigenvalue weighted by Crippen LogP contribution is -2.20. The van der Waals surface area contributed by atoms with Crippen LogP contribution in [0, 0.1) is 11.6 Å². The number of benzene rings is 2. The zero-order valence-electron chi connectivity index (χ0n) is 20.7. The Morgan fingerprint density at radius 2 is 1.86 bits per heavy atom. The predicted octanol–water partition coefficient (Wildman–Crippen LogP) is 3.67. The number of hydrogen-bond donors (Lipinski definition) is 2. The summed E-state index contributed by atoms with van der Waals surface area (Å²) in [6.45, 7) is 1.17. The third kappa shape index (κ3) is 5.70. The molecule has 0 aliphatic carbocycles. The van der Waals surface area contributed by atoms with Crippen LogP contribution in [0.4, 0.5) is 26.1 Å². The first-order chi connectivity index (χ1) is 17.7. The Hall–Kier alpha value is -4.45. The minimum absolute atomic E-state index is 0.163. The number of nitrogens with two attached hydrogens (primary N) is 1. The van der Waals surface area contributed by atoms with Crippen molar-refractivity contribution in [2.75, 3.05) is 45.4 Å². The number of rotatable bonds is 9. The summed E-state index contributed by atoms with van der Waals surface area (Å²) in [5.74, 6) is -1.01. The number of ether oxygens (including phenoxy) is 3. The number of hydrogen-bond acceptors (Lipinski definition) is 9. The summed E-state index contributed by atoms with van der Waals surface area (Å²) in [7, 11) is 6.89. The molecule has 0 amide bonds. The van der Waals surface area contributed by atoms with E-state index in [1.54, 1.807) is 12.1 Å². The molecule has 0 bridgehead atoms. The van der Waals surface area contributed by atoms with Gasteiger partial charge in [-0.1, -0.05) is 0 Å². The van der Waals surface area contributed by atoms with Crippen molar-refractivity contribution in [1.82, 2.24) is 19.4 Å². The minimum atomic E-state index is -0.930. The van der Waals surface area contributed by atoms with Gasteiger partial charge in [-0.15, -0.1) is 0 Å². The van der Waals surface area contributed by atoms with E-state index in [0.717, 1.165) is 18.7 Å². The first kappa shape index (κ1) is 25.6. The molecule has 0 atom stereocenters. The van der Waals surface area contributed by atoms with Gasteiger partial charge in [-0.3, -0.25) is 9.36 Å². The van der Waals surface area contributed by atoms with Gasteiger partial charge in [0.1, 0.15) is 29.6 Å². The van der Waals surface area contributed by atoms with Gasteiger partial charge in [-0.25, -0.2) is 13.8 Å². The number of aromatic nitrogens is 3. The summed E-state index contributed by atoms with van der Waals surface area (Å²) in [5, 5.41) is 3.51. The molecule has 0 aliphatic rings. The second kappa shape index (κ2) is 10.7. The second-order valence-corrected chi connectivity index (χ2v) is 8.39. The maximum absolute atomic E-state index is 14.0. The van der Waals surface area contributed by atoms with Gasteiger partial charge in [0.2, 0.25) is 5.95 Å². The van der Waals surface area contributed by atoms with E-state index in [2.05, 4.69) is 15.3 Å². The van der Waals surface area contributed by atoms with E-state index >= 15 is 0 Å². The van der Waals surface area contributed by atoms with Crippen molar-refractivity contribution in [2.45, 2.75) is 0 Å². The van der Waals surface area contributed by atoms with Gasteiger partial charge in [-0.2, -0.15) is 4.98 Å². The predicted molar refractivity (Wildman–Crippen MR) is 136 cm³/mol. The third-order valence-electron chi connectivity index (χ3n) is 5.40. The monoisotopic (exact) mass is 512 g/mol. The Bertz CT molecular complexity index is 1510. The quantitative estimate of drug-likeness (QED) is 0.324. The lowest BCUT2D eigenvalue weighted by atomic mass is 10.2. The normalized spacial score (nSPS) is 11.1. The maximum atomic E-state index is 14.0. The molecule has 2 aromatic carbocycles. The number of halogens is 2. The Labute approximate surface area is 211 Å². The fourth-order valence-corrected chi connectivity index (χ4v) is 3.45. The first-order valence-corrected chi connectivity index (χ1v) is 11.2. The number of fused-ring (bicyclic) bond motifs is 1. The molecule has 0 saturated carbocycles. The van der Waals surface area contributed by atoms with E-state index in [0.29, 0.717) is 46.6 Å². The van der Waals surface area contributed by atoms with Crippen molar-refractivity contribution in [2.24, 2.45) is 7.05 Å². The summed E-state index contributed by atoms with van der Waals surface area (Å²) in [5.41, 5.74) is 6.79. The number of nitrogens with zero attached hydrogens (tertiary/aromatic N) is 4. The van der Waals surface area contributed by atoms with Crippen molar-refractivity contribution in [1.29, 1.82) is 0 Å². The van der Waals surface area contributed by atoms with Gasteiger partial charge in [-0.05, 0) is 38.4 Å². The molecule has 0 spiro atoms. The summed E-state index contributed by atoms with van der Waals surface area (Å²) in [4.78, 5) is 23.6. The zero-order valence-corrected chi connectivity index (χ0v) is 20.7. The third-order valence-corrected chi connectivity index (χ3v) is 5.40. The molecule has 0 radical (unpaired) electrons. The van der Waals surface area contributed by atoms with E-state index in [1.165, 1.54) is 31.0 Å². The Kier molecular flexibility index (Phi) is 7.39. The number of likely N-dealkylation sites (N-methyl/N-ethyl adjacent to an activating group) is 1. The lowest BCUT2D eigenvalue weighted by molar-refractivity contribution is 0.261. The Morgan fingerprint density at radius 3 is 2.57 bits per heavy atom. The Balaban J connectivity index is 1.62. The summed E-state index contributed by atoms with van der Waals surface area (Å²) in [6.07, 6.45) is 1.48. The van der Waals surface area contributed by atoms with Crippen LogP contribution in [-0.2, 0) is 7.05 Å². The molecule has 12 heteroatoms. The molecule has 0 unspecified atom stereocenters. The van der Waals surface area contributed by atoms with Crippen molar-refractivity contribution < 1.29 is 23.0 Å². The molecular formula is C25H26F2N6O4. The summed E-state index contributed by atoms with van der Waals surface area (Å²) >= 11 is 0. The van der Waals surface area contributed by atoms with Crippen LogP contribution in [0.25, 0.3) is 11.0 Å². The van der Waals surface area contributed by atoms with Crippen LogP contribution in [0.2, 0.25) is 0 Å². The van der Waals surface area contributed by atoms with Gasteiger partial charge < -0.3 is 30.2 Å². The van der Waals surface area contributed by atoms with E-state index in [4.69, 9.17) is 19.9 Å². The van der Waals surface area contributed by atoms with Crippen LogP contribution in [0.1, 0.15) is 0 Å². The van der Waals surface area contributed by atoms with Crippen molar-refractivity contribution in [3.8, 4) is 23.0 Å². The highest BCUT2D eigenvalue weighted by atomic mass is 19.1. The SMILES string of the molecule is COc1cc(OCCN(C)C)c(N)cc1Nc1ncc2cc(Oc3ccc(F)cc3F)c(=O)n(C)c2n1. The second-order valence-electron chi connectivity index (χ2n) is 8.39. The van der Waals surface area contributed by atoms with Crippen molar-refractivity contribution in [3.05, 3.63) is 64.6 Å². The van der Waals surface area contributed by atoms with Gasteiger partial charge in [0, 0.05) is 37.3 Å². The van der Waals surface area contributed by atoms with E-state index in [1.807, 2.05) is 19.0 Å². The van der Waals surface area contributed by atoms with Crippen molar-refractivity contribution in [3.63, 3.8) is 0 Å². The van der Waals surface area contributed by atoms with Gasteiger partial charge >= 0.3 is 0 Å². The molecule has 37 heavy (non-hydrogen) atoms. The van der Waals surface area contributed by atoms with Crippen LogP contribution in [-0.4, -0.2) is 53.8 Å². The first-order valence-electron chi connectivity index (χ1n) is 11.2. The number of methoxy groups -OCH3 is 1. The average Bonchev–Trinajstić information content (AvgIpc) is 2.85. The van der Waals surface area contributed by atoms with E-state index in [-0.39, 0.29) is 17.4 Å².